The lowest BCUT2D eigenvalue weighted by Gasteiger charge is -2.34. The van der Waals surface area contributed by atoms with E-state index >= 15 is 0 Å². The van der Waals surface area contributed by atoms with Crippen molar-refractivity contribution in [3.8, 4) is 0 Å². The molecule has 0 spiro atoms. The minimum absolute atomic E-state index is 0.268. The summed E-state index contributed by atoms with van der Waals surface area (Å²) >= 11 is 5.89. The van der Waals surface area contributed by atoms with Crippen LogP contribution in [0.3, 0.4) is 0 Å². The highest BCUT2D eigenvalue weighted by atomic mass is 35.5. The Hall–Kier alpha value is -1.75. The fraction of sp³-hybridized carbons (Fsp3) is 0.333. The zero-order valence-electron chi connectivity index (χ0n) is 9.67. The lowest BCUT2D eigenvalue weighted by Crippen LogP contribution is -2.51. The van der Waals surface area contributed by atoms with Gasteiger partial charge in [0.2, 0.25) is 0 Å². The third-order valence-electron chi connectivity index (χ3n) is 2.76. The van der Waals surface area contributed by atoms with Crippen LogP contribution in [0.15, 0.2) is 24.3 Å². The van der Waals surface area contributed by atoms with Crippen molar-refractivity contribution in [3.05, 3.63) is 29.3 Å². The fourth-order valence-electron chi connectivity index (χ4n) is 1.98. The smallest absolute Gasteiger partial charge is 0.325 e. The van der Waals surface area contributed by atoms with Crippen LogP contribution in [0.5, 0.6) is 0 Å². The van der Waals surface area contributed by atoms with E-state index in [1.54, 1.807) is 29.2 Å². The lowest BCUT2D eigenvalue weighted by molar-refractivity contribution is -0.137. The number of aliphatic carboxylic acids is 1. The van der Waals surface area contributed by atoms with E-state index in [-0.39, 0.29) is 12.6 Å². The summed E-state index contributed by atoms with van der Waals surface area (Å²) in [5.41, 5.74) is 0.697. The first-order valence-corrected chi connectivity index (χ1v) is 5.99. The molecule has 0 radical (unpaired) electrons. The van der Waals surface area contributed by atoms with Crippen LogP contribution in [0.25, 0.3) is 0 Å². The Balaban J connectivity index is 2.18. The summed E-state index contributed by atoms with van der Waals surface area (Å²) in [6, 6.07) is 6.69. The van der Waals surface area contributed by atoms with Crippen LogP contribution in [-0.2, 0) is 4.79 Å². The largest absolute Gasteiger partial charge is 0.480 e. The zero-order chi connectivity index (χ0) is 13.1. The van der Waals surface area contributed by atoms with Crippen molar-refractivity contribution >= 4 is 29.3 Å². The van der Waals surface area contributed by atoms with Gasteiger partial charge in [0.25, 0.3) is 0 Å². The number of carboxylic acids is 1. The van der Waals surface area contributed by atoms with E-state index < -0.39 is 5.97 Å². The van der Waals surface area contributed by atoms with E-state index in [0.29, 0.717) is 23.8 Å². The molecule has 1 saturated heterocycles. The van der Waals surface area contributed by atoms with Crippen molar-refractivity contribution in [1.29, 1.82) is 0 Å². The van der Waals surface area contributed by atoms with Gasteiger partial charge in [-0.25, -0.2) is 4.79 Å². The number of carboxylic acid groups (broad SMARTS) is 1. The first-order valence-electron chi connectivity index (χ1n) is 5.62. The predicted octanol–water partition coefficient (Wildman–Crippen LogP) is 2.06. The molecule has 96 valence electrons. The lowest BCUT2D eigenvalue weighted by atomic mass is 10.2. The number of anilines is 1. The van der Waals surface area contributed by atoms with Crippen LogP contribution in [-0.4, -0.2) is 41.6 Å². The number of carbonyl (C=O) groups excluding carboxylic acids is 1. The Morgan fingerprint density at radius 3 is 2.83 bits per heavy atom. The molecular formula is C12H13ClN2O3. The summed E-state index contributed by atoms with van der Waals surface area (Å²) in [6.45, 7) is 0.785. The first kappa shape index (κ1) is 12.7. The number of benzene rings is 1. The van der Waals surface area contributed by atoms with Crippen molar-refractivity contribution in [1.82, 2.24) is 4.90 Å². The molecule has 2 amide bonds. The monoisotopic (exact) mass is 268 g/mol. The van der Waals surface area contributed by atoms with Gasteiger partial charge in [-0.3, -0.25) is 9.69 Å². The second-order valence-corrected chi connectivity index (χ2v) is 4.52. The summed E-state index contributed by atoms with van der Waals surface area (Å²) < 4.78 is 0. The third kappa shape index (κ3) is 2.73. The van der Waals surface area contributed by atoms with Gasteiger partial charge >= 0.3 is 12.0 Å². The van der Waals surface area contributed by atoms with Crippen molar-refractivity contribution in [2.75, 3.05) is 24.5 Å². The first-order chi connectivity index (χ1) is 8.58. The molecule has 1 fully saturated rings. The molecule has 0 atom stereocenters. The molecular weight excluding hydrogens is 256 g/mol. The summed E-state index contributed by atoms with van der Waals surface area (Å²) in [5, 5.41) is 9.30. The molecule has 5 nitrogen and oxygen atoms in total. The number of carbonyl (C=O) groups is 2. The van der Waals surface area contributed by atoms with Gasteiger partial charge in [-0.2, -0.15) is 0 Å². The highest BCUT2D eigenvalue weighted by molar-refractivity contribution is 6.30. The number of hydrogen-bond acceptors (Lipinski definition) is 2. The second-order valence-electron chi connectivity index (χ2n) is 4.08. The molecule has 0 aromatic heterocycles. The molecule has 1 heterocycles. The molecule has 1 N–H and O–H groups in total. The fourth-order valence-corrected chi connectivity index (χ4v) is 2.16. The average Bonchev–Trinajstić information content (AvgIpc) is 2.31. The van der Waals surface area contributed by atoms with Gasteiger partial charge in [-0.15, -0.1) is 0 Å². The molecule has 6 heteroatoms. The Bertz CT molecular complexity index is 478. The van der Waals surface area contributed by atoms with Crippen LogP contribution in [0.4, 0.5) is 10.5 Å². The van der Waals surface area contributed by atoms with Gasteiger partial charge < -0.3 is 10.0 Å². The molecule has 1 aromatic rings. The molecule has 18 heavy (non-hydrogen) atoms. The molecule has 1 aliphatic heterocycles. The van der Waals surface area contributed by atoms with Crippen molar-refractivity contribution < 1.29 is 14.7 Å². The van der Waals surface area contributed by atoms with E-state index in [1.165, 1.54) is 4.90 Å². The van der Waals surface area contributed by atoms with Crippen LogP contribution in [0, 0.1) is 0 Å². The second kappa shape index (κ2) is 5.27. The van der Waals surface area contributed by atoms with Crippen molar-refractivity contribution in [2.24, 2.45) is 0 Å². The Morgan fingerprint density at radius 2 is 2.17 bits per heavy atom. The van der Waals surface area contributed by atoms with Gasteiger partial charge in [0.15, 0.2) is 0 Å². The van der Waals surface area contributed by atoms with Crippen molar-refractivity contribution in [2.45, 2.75) is 6.42 Å². The Kier molecular flexibility index (Phi) is 3.72. The summed E-state index contributed by atoms with van der Waals surface area (Å²) in [4.78, 5) is 25.7. The van der Waals surface area contributed by atoms with Crippen LogP contribution >= 0.6 is 11.6 Å². The van der Waals surface area contributed by atoms with E-state index in [0.717, 1.165) is 6.42 Å². The van der Waals surface area contributed by atoms with Crippen molar-refractivity contribution in [3.63, 3.8) is 0 Å². The highest BCUT2D eigenvalue weighted by Gasteiger charge is 2.27. The molecule has 0 unspecified atom stereocenters. The summed E-state index contributed by atoms with van der Waals surface area (Å²) in [6.07, 6.45) is 0.742. The number of rotatable bonds is 3. The minimum atomic E-state index is -1.00. The van der Waals surface area contributed by atoms with Gasteiger partial charge in [0.1, 0.15) is 6.54 Å². The van der Waals surface area contributed by atoms with Gasteiger partial charge in [-0.1, -0.05) is 17.7 Å². The molecule has 1 aromatic carbocycles. The van der Waals surface area contributed by atoms with E-state index in [2.05, 4.69) is 0 Å². The maximum Gasteiger partial charge on any atom is 0.325 e. The Labute approximate surface area is 110 Å². The number of nitrogens with zero attached hydrogens (tertiary/aromatic N) is 2. The van der Waals surface area contributed by atoms with Crippen LogP contribution in [0.1, 0.15) is 6.42 Å². The number of halogens is 1. The quantitative estimate of drug-likeness (QED) is 0.913. The topological polar surface area (TPSA) is 60.9 Å². The zero-order valence-corrected chi connectivity index (χ0v) is 10.4. The Morgan fingerprint density at radius 1 is 1.39 bits per heavy atom. The van der Waals surface area contributed by atoms with E-state index in [1.807, 2.05) is 0 Å². The normalized spacial score (nSPS) is 15.9. The molecule has 0 saturated carbocycles. The number of amides is 2. The number of urea groups is 1. The highest BCUT2D eigenvalue weighted by Crippen LogP contribution is 2.23. The van der Waals surface area contributed by atoms with Gasteiger partial charge in [-0.05, 0) is 24.6 Å². The number of hydrogen-bond donors (Lipinski definition) is 1. The minimum Gasteiger partial charge on any atom is -0.480 e. The molecule has 1 aliphatic rings. The van der Waals surface area contributed by atoms with E-state index in [9.17, 15) is 9.59 Å². The molecule has 0 aliphatic carbocycles. The maximum atomic E-state index is 12.1. The van der Waals surface area contributed by atoms with Gasteiger partial charge in [0, 0.05) is 23.8 Å². The third-order valence-corrected chi connectivity index (χ3v) is 2.99. The van der Waals surface area contributed by atoms with Crippen LogP contribution in [0.2, 0.25) is 5.02 Å². The van der Waals surface area contributed by atoms with E-state index in [4.69, 9.17) is 16.7 Å². The average molecular weight is 269 g/mol. The predicted molar refractivity (Wildman–Crippen MR) is 68.0 cm³/mol. The summed E-state index contributed by atoms with van der Waals surface area (Å²) in [7, 11) is 0. The maximum absolute atomic E-state index is 12.1. The SMILES string of the molecule is O=C(O)CN1CCCN(c2cccc(Cl)c2)C1=O. The van der Waals surface area contributed by atoms with Crippen LogP contribution < -0.4 is 4.90 Å². The van der Waals surface area contributed by atoms with Gasteiger partial charge in [0.05, 0.1) is 0 Å². The summed E-state index contributed by atoms with van der Waals surface area (Å²) in [5.74, 6) is -1.00. The molecule has 0 bridgehead atoms. The standard InChI is InChI=1S/C12H13ClN2O3/c13-9-3-1-4-10(7-9)15-6-2-5-14(12(15)18)8-11(16)17/h1,3-4,7H,2,5-6,8H2,(H,16,17). The molecule has 2 rings (SSSR count).